The highest BCUT2D eigenvalue weighted by Gasteiger charge is 2.25. The summed E-state index contributed by atoms with van der Waals surface area (Å²) in [6.45, 7) is 3.16. The number of likely N-dealkylation sites (tertiary alicyclic amines) is 1. The van der Waals surface area contributed by atoms with Crippen LogP contribution in [0.4, 0.5) is 5.69 Å². The second-order valence-electron chi connectivity index (χ2n) is 7.02. The molecule has 0 spiro atoms. The van der Waals surface area contributed by atoms with Gasteiger partial charge < -0.3 is 4.90 Å². The zero-order valence-corrected chi connectivity index (χ0v) is 17.0. The van der Waals surface area contributed by atoms with E-state index in [9.17, 15) is 13.2 Å². The fourth-order valence-corrected chi connectivity index (χ4v) is 4.14. The first kappa shape index (κ1) is 19.7. The summed E-state index contributed by atoms with van der Waals surface area (Å²) in [5.74, 6) is 0.355. The monoisotopic (exact) mass is 406 g/mol. The Morgan fingerprint density at radius 1 is 1.11 bits per heavy atom. The number of carbonyl (C=O) groups is 1. The van der Waals surface area contributed by atoms with Gasteiger partial charge in [-0.05, 0) is 61.1 Å². The van der Waals surface area contributed by atoms with Crippen molar-refractivity contribution in [1.82, 2.24) is 4.90 Å². The van der Waals surface area contributed by atoms with Gasteiger partial charge in [0.25, 0.3) is 5.91 Å². The lowest BCUT2D eigenvalue weighted by Gasteiger charge is -2.32. The third-order valence-electron chi connectivity index (χ3n) is 4.90. The zero-order valence-electron chi connectivity index (χ0n) is 15.4. The summed E-state index contributed by atoms with van der Waals surface area (Å²) in [5, 5.41) is 0.726. The molecule has 0 unspecified atom stereocenters. The Morgan fingerprint density at radius 2 is 1.74 bits per heavy atom. The number of hydrogen-bond donors (Lipinski definition) is 1. The van der Waals surface area contributed by atoms with Crippen LogP contribution in [-0.2, 0) is 10.0 Å². The predicted octanol–water partition coefficient (Wildman–Crippen LogP) is 4.04. The normalized spacial score (nSPS) is 15.6. The number of sulfonamides is 1. The smallest absolute Gasteiger partial charge is 0.253 e. The maximum atomic E-state index is 12.8. The fourth-order valence-electron chi connectivity index (χ4n) is 3.40. The summed E-state index contributed by atoms with van der Waals surface area (Å²) < 4.78 is 25.5. The van der Waals surface area contributed by atoms with E-state index in [1.165, 1.54) is 5.56 Å². The highest BCUT2D eigenvalue weighted by atomic mass is 35.5. The standard InChI is InChI=1S/C20H23ClN2O3S/c1-14-3-4-17(13-19(14)22-27(2,25)26)20(24)23-11-9-16(10-12-23)15-5-7-18(21)8-6-15/h3-8,13,16,22H,9-12H2,1-2H3. The van der Waals surface area contributed by atoms with E-state index in [1.807, 2.05) is 29.2 Å². The fraction of sp³-hybridized carbons (Fsp3) is 0.350. The average Bonchev–Trinajstić information content (AvgIpc) is 2.63. The Bertz CT molecular complexity index is 934. The maximum Gasteiger partial charge on any atom is 0.253 e. The number of halogens is 1. The Balaban J connectivity index is 1.69. The molecular formula is C20H23ClN2O3S. The summed E-state index contributed by atoms with van der Waals surface area (Å²) in [4.78, 5) is 14.7. The van der Waals surface area contributed by atoms with Crippen molar-refractivity contribution in [3.63, 3.8) is 0 Å². The van der Waals surface area contributed by atoms with E-state index >= 15 is 0 Å². The lowest BCUT2D eigenvalue weighted by molar-refractivity contribution is 0.0713. The van der Waals surface area contributed by atoms with Gasteiger partial charge in [-0.1, -0.05) is 29.8 Å². The Hall–Kier alpha value is -2.05. The summed E-state index contributed by atoms with van der Waals surface area (Å²) in [7, 11) is -3.39. The van der Waals surface area contributed by atoms with E-state index < -0.39 is 10.0 Å². The van der Waals surface area contributed by atoms with Crippen molar-refractivity contribution in [3.8, 4) is 0 Å². The van der Waals surface area contributed by atoms with Crippen molar-refractivity contribution in [2.45, 2.75) is 25.7 Å². The van der Waals surface area contributed by atoms with Crippen LogP contribution in [-0.4, -0.2) is 38.6 Å². The summed E-state index contributed by atoms with van der Waals surface area (Å²) in [6.07, 6.45) is 2.89. The molecule has 0 bridgehead atoms. The zero-order chi connectivity index (χ0) is 19.6. The molecule has 144 valence electrons. The molecule has 5 nitrogen and oxygen atoms in total. The molecule has 0 radical (unpaired) electrons. The number of rotatable bonds is 4. The number of nitrogens with one attached hydrogen (secondary N) is 1. The summed E-state index contributed by atoms with van der Waals surface area (Å²) in [6, 6.07) is 13.0. The first-order valence-corrected chi connectivity index (χ1v) is 11.1. The third kappa shape index (κ3) is 5.02. The molecule has 1 aliphatic heterocycles. The van der Waals surface area contributed by atoms with Gasteiger partial charge in [0, 0.05) is 23.7 Å². The van der Waals surface area contributed by atoms with Crippen molar-refractivity contribution >= 4 is 33.2 Å². The lowest BCUT2D eigenvalue weighted by atomic mass is 9.89. The van der Waals surface area contributed by atoms with Crippen molar-refractivity contribution < 1.29 is 13.2 Å². The number of benzene rings is 2. The van der Waals surface area contributed by atoms with Crippen LogP contribution in [0, 0.1) is 6.92 Å². The molecule has 0 atom stereocenters. The molecule has 2 aromatic carbocycles. The molecule has 7 heteroatoms. The molecule has 0 aliphatic carbocycles. The highest BCUT2D eigenvalue weighted by molar-refractivity contribution is 7.92. The van der Waals surface area contributed by atoms with Gasteiger partial charge in [0.1, 0.15) is 0 Å². The molecule has 0 saturated carbocycles. The van der Waals surface area contributed by atoms with E-state index in [-0.39, 0.29) is 5.91 Å². The van der Waals surface area contributed by atoms with Gasteiger partial charge in [0.2, 0.25) is 10.0 Å². The molecule has 1 fully saturated rings. The molecule has 1 saturated heterocycles. The summed E-state index contributed by atoms with van der Waals surface area (Å²) >= 11 is 5.95. The van der Waals surface area contributed by atoms with Crippen LogP contribution in [0.1, 0.15) is 40.2 Å². The van der Waals surface area contributed by atoms with Crippen LogP contribution < -0.4 is 4.72 Å². The van der Waals surface area contributed by atoms with Gasteiger partial charge in [-0.25, -0.2) is 8.42 Å². The van der Waals surface area contributed by atoms with E-state index in [0.717, 1.165) is 29.7 Å². The second-order valence-corrected chi connectivity index (χ2v) is 9.21. The van der Waals surface area contributed by atoms with Crippen LogP contribution in [0.25, 0.3) is 0 Å². The Labute approximate surface area is 165 Å². The number of carbonyl (C=O) groups excluding carboxylic acids is 1. The van der Waals surface area contributed by atoms with E-state index in [2.05, 4.69) is 4.72 Å². The van der Waals surface area contributed by atoms with Crippen LogP contribution in [0.15, 0.2) is 42.5 Å². The number of piperidine rings is 1. The van der Waals surface area contributed by atoms with Crippen molar-refractivity contribution in [2.75, 3.05) is 24.1 Å². The molecule has 2 aromatic rings. The lowest BCUT2D eigenvalue weighted by Crippen LogP contribution is -2.38. The topological polar surface area (TPSA) is 66.5 Å². The third-order valence-corrected chi connectivity index (χ3v) is 5.75. The van der Waals surface area contributed by atoms with Crippen LogP contribution in [0.5, 0.6) is 0 Å². The van der Waals surface area contributed by atoms with Crippen molar-refractivity contribution in [2.24, 2.45) is 0 Å². The Morgan fingerprint density at radius 3 is 2.33 bits per heavy atom. The molecule has 1 heterocycles. The van der Waals surface area contributed by atoms with Gasteiger partial charge >= 0.3 is 0 Å². The number of hydrogen-bond acceptors (Lipinski definition) is 3. The first-order valence-electron chi connectivity index (χ1n) is 8.86. The second kappa shape index (κ2) is 7.90. The maximum absolute atomic E-state index is 12.8. The number of aryl methyl sites for hydroxylation is 1. The van der Waals surface area contributed by atoms with Gasteiger partial charge in [-0.3, -0.25) is 9.52 Å². The first-order chi connectivity index (χ1) is 12.7. The van der Waals surface area contributed by atoms with E-state index in [4.69, 9.17) is 11.6 Å². The predicted molar refractivity (Wildman–Crippen MR) is 109 cm³/mol. The van der Waals surface area contributed by atoms with Gasteiger partial charge in [0.15, 0.2) is 0 Å². The quantitative estimate of drug-likeness (QED) is 0.833. The molecule has 1 aliphatic rings. The molecule has 27 heavy (non-hydrogen) atoms. The Kier molecular flexibility index (Phi) is 5.77. The van der Waals surface area contributed by atoms with Gasteiger partial charge in [-0.2, -0.15) is 0 Å². The van der Waals surface area contributed by atoms with E-state index in [0.29, 0.717) is 30.3 Å². The van der Waals surface area contributed by atoms with Crippen molar-refractivity contribution in [3.05, 3.63) is 64.2 Å². The highest BCUT2D eigenvalue weighted by Crippen LogP contribution is 2.30. The molecule has 1 amide bonds. The minimum absolute atomic E-state index is 0.0684. The summed E-state index contributed by atoms with van der Waals surface area (Å²) in [5.41, 5.74) is 2.97. The SMILES string of the molecule is Cc1ccc(C(=O)N2CCC(c3ccc(Cl)cc3)CC2)cc1NS(C)(=O)=O. The molecular weight excluding hydrogens is 384 g/mol. The van der Waals surface area contributed by atoms with Crippen LogP contribution in [0.2, 0.25) is 5.02 Å². The number of nitrogens with zero attached hydrogens (tertiary/aromatic N) is 1. The number of anilines is 1. The minimum Gasteiger partial charge on any atom is -0.339 e. The molecule has 1 N–H and O–H groups in total. The van der Waals surface area contributed by atoms with Crippen LogP contribution >= 0.6 is 11.6 Å². The molecule has 3 rings (SSSR count). The average molecular weight is 407 g/mol. The molecule has 0 aromatic heterocycles. The van der Waals surface area contributed by atoms with Crippen LogP contribution in [0.3, 0.4) is 0 Å². The van der Waals surface area contributed by atoms with Gasteiger partial charge in [0.05, 0.1) is 11.9 Å². The largest absolute Gasteiger partial charge is 0.339 e. The van der Waals surface area contributed by atoms with E-state index in [1.54, 1.807) is 25.1 Å². The van der Waals surface area contributed by atoms with Gasteiger partial charge in [-0.15, -0.1) is 0 Å². The minimum atomic E-state index is -3.39. The number of amides is 1. The van der Waals surface area contributed by atoms with Crippen molar-refractivity contribution in [1.29, 1.82) is 0 Å².